The van der Waals surface area contributed by atoms with Gasteiger partial charge in [0.2, 0.25) is 5.91 Å². The molecule has 5 nitrogen and oxygen atoms in total. The second kappa shape index (κ2) is 6.10. The highest BCUT2D eigenvalue weighted by molar-refractivity contribution is 5.93. The lowest BCUT2D eigenvalue weighted by Crippen LogP contribution is -2.29. The Morgan fingerprint density at radius 3 is 3.10 bits per heavy atom. The Kier molecular flexibility index (Phi) is 4.01. The van der Waals surface area contributed by atoms with Crippen LogP contribution in [0.5, 0.6) is 0 Å². The van der Waals surface area contributed by atoms with Gasteiger partial charge < -0.3 is 15.6 Å². The van der Waals surface area contributed by atoms with E-state index in [2.05, 4.69) is 10.3 Å². The summed E-state index contributed by atoms with van der Waals surface area (Å²) in [5, 5.41) is 3.02. The number of imidazole rings is 1. The van der Waals surface area contributed by atoms with E-state index >= 15 is 0 Å². The molecule has 1 aliphatic rings. The van der Waals surface area contributed by atoms with Crippen molar-refractivity contribution in [1.82, 2.24) is 9.55 Å². The lowest BCUT2D eigenvalue weighted by Gasteiger charge is -2.17. The van der Waals surface area contributed by atoms with Crippen molar-refractivity contribution in [2.45, 2.75) is 19.3 Å². The number of anilines is 1. The maximum absolute atomic E-state index is 12.4. The summed E-state index contributed by atoms with van der Waals surface area (Å²) in [6.07, 6.45) is 8.44. The fourth-order valence-electron chi connectivity index (χ4n) is 3.06. The molecule has 0 bridgehead atoms. The lowest BCUT2D eigenvalue weighted by molar-refractivity contribution is -0.120. The van der Waals surface area contributed by atoms with E-state index in [9.17, 15) is 4.79 Å². The first-order chi connectivity index (χ1) is 10.3. The number of nitrogens with two attached hydrogens (primary N) is 1. The summed E-state index contributed by atoms with van der Waals surface area (Å²) < 4.78 is 1.91. The molecule has 2 atom stereocenters. The van der Waals surface area contributed by atoms with E-state index in [1.165, 1.54) is 0 Å². The number of carbonyl (C=O) groups excluding carboxylic acids is 1. The fourth-order valence-corrected chi connectivity index (χ4v) is 3.06. The van der Waals surface area contributed by atoms with Gasteiger partial charge in [-0.25, -0.2) is 4.98 Å². The molecule has 0 saturated heterocycles. The minimum absolute atomic E-state index is 0.0481. The Hall–Kier alpha value is -2.14. The van der Waals surface area contributed by atoms with E-state index in [-0.39, 0.29) is 11.8 Å². The van der Waals surface area contributed by atoms with Crippen molar-refractivity contribution < 1.29 is 4.79 Å². The van der Waals surface area contributed by atoms with Crippen molar-refractivity contribution in [3.63, 3.8) is 0 Å². The van der Waals surface area contributed by atoms with Gasteiger partial charge in [-0.15, -0.1) is 0 Å². The zero-order valence-electron chi connectivity index (χ0n) is 11.9. The maximum atomic E-state index is 12.4. The first kappa shape index (κ1) is 13.8. The molecule has 1 fully saturated rings. The second-order valence-corrected chi connectivity index (χ2v) is 5.54. The summed E-state index contributed by atoms with van der Waals surface area (Å²) in [5.41, 5.74) is 7.55. The first-order valence-electron chi connectivity index (χ1n) is 7.37. The Balaban J connectivity index is 1.73. The van der Waals surface area contributed by atoms with Gasteiger partial charge in [0.15, 0.2) is 0 Å². The van der Waals surface area contributed by atoms with Gasteiger partial charge in [-0.05, 0) is 43.5 Å². The molecule has 0 radical (unpaired) electrons. The molecule has 1 aromatic carbocycles. The highest BCUT2D eigenvalue weighted by atomic mass is 16.1. The summed E-state index contributed by atoms with van der Waals surface area (Å²) >= 11 is 0. The standard InChI is InChI=1S/C16H20N4O/c17-10-12-3-1-6-15(12)16(21)19-13-4-2-5-14(9-13)20-8-7-18-11-20/h2,4-5,7-9,11-12,15H,1,3,6,10,17H2,(H,19,21). The highest BCUT2D eigenvalue weighted by Gasteiger charge is 2.31. The van der Waals surface area contributed by atoms with Crippen LogP contribution in [0.15, 0.2) is 43.0 Å². The predicted molar refractivity (Wildman–Crippen MR) is 82.1 cm³/mol. The van der Waals surface area contributed by atoms with E-state index in [1.807, 2.05) is 35.0 Å². The molecule has 2 aromatic rings. The van der Waals surface area contributed by atoms with Gasteiger partial charge in [-0.1, -0.05) is 12.5 Å². The van der Waals surface area contributed by atoms with Gasteiger partial charge >= 0.3 is 0 Å². The normalized spacial score (nSPS) is 21.4. The average molecular weight is 284 g/mol. The molecule has 5 heteroatoms. The van der Waals surface area contributed by atoms with Crippen LogP contribution in [0.2, 0.25) is 0 Å². The highest BCUT2D eigenvalue weighted by Crippen LogP contribution is 2.32. The van der Waals surface area contributed by atoms with E-state index in [1.54, 1.807) is 12.5 Å². The molecule has 0 aliphatic heterocycles. The predicted octanol–water partition coefficient (Wildman–Crippen LogP) is 2.19. The zero-order valence-corrected chi connectivity index (χ0v) is 11.9. The van der Waals surface area contributed by atoms with Crippen LogP contribution in [0.1, 0.15) is 19.3 Å². The van der Waals surface area contributed by atoms with Crippen LogP contribution < -0.4 is 11.1 Å². The number of amides is 1. The quantitative estimate of drug-likeness (QED) is 0.904. The summed E-state index contributed by atoms with van der Waals surface area (Å²) in [7, 11) is 0. The summed E-state index contributed by atoms with van der Waals surface area (Å²) in [6.45, 7) is 0.590. The van der Waals surface area contributed by atoms with Gasteiger partial charge in [0, 0.05) is 29.7 Å². The van der Waals surface area contributed by atoms with Crippen molar-refractivity contribution >= 4 is 11.6 Å². The maximum Gasteiger partial charge on any atom is 0.227 e. The molecule has 1 aromatic heterocycles. The van der Waals surface area contributed by atoms with Gasteiger partial charge in [0.25, 0.3) is 0 Å². The molecule has 3 rings (SSSR count). The summed E-state index contributed by atoms with van der Waals surface area (Å²) in [4.78, 5) is 16.4. The minimum atomic E-state index is 0.0481. The third-order valence-corrected chi connectivity index (χ3v) is 4.21. The smallest absolute Gasteiger partial charge is 0.227 e. The fraction of sp³-hybridized carbons (Fsp3) is 0.375. The molecule has 1 heterocycles. The third-order valence-electron chi connectivity index (χ3n) is 4.21. The minimum Gasteiger partial charge on any atom is -0.330 e. The number of hydrogen-bond donors (Lipinski definition) is 2. The third kappa shape index (κ3) is 2.97. The molecule has 2 unspecified atom stereocenters. The van der Waals surface area contributed by atoms with Gasteiger partial charge in [0.05, 0.1) is 6.33 Å². The van der Waals surface area contributed by atoms with Crippen LogP contribution in [0.25, 0.3) is 5.69 Å². The number of benzene rings is 1. The Bertz CT molecular complexity index is 608. The van der Waals surface area contributed by atoms with Gasteiger partial charge in [-0.3, -0.25) is 4.79 Å². The van der Waals surface area contributed by atoms with Crippen molar-refractivity contribution in [2.75, 3.05) is 11.9 Å². The summed E-state index contributed by atoms with van der Waals surface area (Å²) in [5.74, 6) is 0.458. The number of hydrogen-bond acceptors (Lipinski definition) is 3. The first-order valence-corrected chi connectivity index (χ1v) is 7.37. The average Bonchev–Trinajstić information content (AvgIpc) is 3.18. The number of nitrogens with one attached hydrogen (secondary N) is 1. The van der Waals surface area contributed by atoms with Crippen LogP contribution in [-0.4, -0.2) is 22.0 Å². The van der Waals surface area contributed by atoms with E-state index in [0.717, 1.165) is 30.6 Å². The molecule has 3 N–H and O–H groups in total. The molecule has 1 amide bonds. The Morgan fingerprint density at radius 1 is 1.43 bits per heavy atom. The van der Waals surface area contributed by atoms with Gasteiger partial charge in [0.1, 0.15) is 0 Å². The Labute approximate surface area is 124 Å². The van der Waals surface area contributed by atoms with Crippen molar-refractivity contribution in [2.24, 2.45) is 17.6 Å². The van der Waals surface area contributed by atoms with Gasteiger partial charge in [-0.2, -0.15) is 0 Å². The number of carbonyl (C=O) groups is 1. The number of aromatic nitrogens is 2. The van der Waals surface area contributed by atoms with Crippen LogP contribution in [-0.2, 0) is 4.79 Å². The Morgan fingerprint density at radius 2 is 2.33 bits per heavy atom. The largest absolute Gasteiger partial charge is 0.330 e. The molecule has 1 saturated carbocycles. The molecule has 1 aliphatic carbocycles. The van der Waals surface area contributed by atoms with E-state index < -0.39 is 0 Å². The number of rotatable bonds is 4. The molecular weight excluding hydrogens is 264 g/mol. The zero-order chi connectivity index (χ0) is 14.7. The van der Waals surface area contributed by atoms with Crippen molar-refractivity contribution in [1.29, 1.82) is 0 Å². The molecule has 21 heavy (non-hydrogen) atoms. The van der Waals surface area contributed by atoms with Crippen LogP contribution in [0.3, 0.4) is 0 Å². The summed E-state index contributed by atoms with van der Waals surface area (Å²) in [6, 6.07) is 7.77. The van der Waals surface area contributed by atoms with Crippen LogP contribution in [0, 0.1) is 11.8 Å². The number of nitrogens with zero attached hydrogens (tertiary/aromatic N) is 2. The van der Waals surface area contributed by atoms with Crippen molar-refractivity contribution in [3.05, 3.63) is 43.0 Å². The lowest BCUT2D eigenvalue weighted by atomic mass is 9.95. The van der Waals surface area contributed by atoms with Crippen molar-refractivity contribution in [3.8, 4) is 5.69 Å². The molecular formula is C16H20N4O. The molecule has 0 spiro atoms. The topological polar surface area (TPSA) is 72.9 Å². The van der Waals surface area contributed by atoms with E-state index in [0.29, 0.717) is 12.5 Å². The van der Waals surface area contributed by atoms with Crippen LogP contribution >= 0.6 is 0 Å². The monoisotopic (exact) mass is 284 g/mol. The van der Waals surface area contributed by atoms with E-state index in [4.69, 9.17) is 5.73 Å². The van der Waals surface area contributed by atoms with Crippen LogP contribution in [0.4, 0.5) is 5.69 Å². The second-order valence-electron chi connectivity index (χ2n) is 5.54. The molecule has 110 valence electrons. The SMILES string of the molecule is NCC1CCCC1C(=O)Nc1cccc(-n2ccnc2)c1.